The molecule has 2 atom stereocenters. The molecule has 1 aliphatic heterocycles. The molecule has 1 heteroatoms. The van der Waals surface area contributed by atoms with Crippen molar-refractivity contribution in [3.63, 3.8) is 0 Å². The monoisotopic (exact) mass is 179 g/mol. The molecule has 0 spiro atoms. The van der Waals surface area contributed by atoms with Gasteiger partial charge < -0.3 is 0 Å². The quantitative estimate of drug-likeness (QED) is 0.589. The minimum absolute atomic E-state index is 0.908. The van der Waals surface area contributed by atoms with Crippen LogP contribution in [0.15, 0.2) is 12.2 Å². The van der Waals surface area contributed by atoms with Crippen LogP contribution in [0.5, 0.6) is 0 Å². The normalized spacial score (nSPS) is 34.5. The van der Waals surface area contributed by atoms with Gasteiger partial charge >= 0.3 is 0 Å². The summed E-state index contributed by atoms with van der Waals surface area (Å²) >= 11 is 0. The maximum absolute atomic E-state index is 4.01. The van der Waals surface area contributed by atoms with Crippen molar-refractivity contribution in [3.05, 3.63) is 12.2 Å². The van der Waals surface area contributed by atoms with Crippen LogP contribution in [0.4, 0.5) is 0 Å². The van der Waals surface area contributed by atoms with E-state index in [2.05, 4.69) is 18.4 Å². The molecule has 2 aliphatic rings. The zero-order valence-electron chi connectivity index (χ0n) is 8.76. The molecule has 0 bridgehead atoms. The van der Waals surface area contributed by atoms with Crippen LogP contribution in [0.25, 0.3) is 0 Å². The minimum atomic E-state index is 0.908. The number of nitrogens with zero attached hydrogens (tertiary/aromatic N) is 1. The summed E-state index contributed by atoms with van der Waals surface area (Å²) in [6.07, 6.45) is 7.29. The highest BCUT2D eigenvalue weighted by Gasteiger charge is 2.34. The first kappa shape index (κ1) is 9.26. The van der Waals surface area contributed by atoms with E-state index < -0.39 is 0 Å². The number of hydrogen-bond donors (Lipinski definition) is 0. The van der Waals surface area contributed by atoms with Gasteiger partial charge in [-0.15, -0.1) is 0 Å². The van der Waals surface area contributed by atoms with Gasteiger partial charge in [-0.2, -0.15) is 0 Å². The molecule has 13 heavy (non-hydrogen) atoms. The molecule has 1 aliphatic carbocycles. The second-order valence-electron chi connectivity index (χ2n) is 4.83. The molecule has 0 aromatic heterocycles. The Morgan fingerprint density at radius 3 is 2.85 bits per heavy atom. The van der Waals surface area contributed by atoms with E-state index in [-0.39, 0.29) is 0 Å². The standard InChI is InChI=1S/C12H21N/c1-10(2)9-13-8-7-11-5-3-4-6-12(11)13/h11-12H,1,3-9H2,2H3/t11-,12-/m1/s1. The van der Waals surface area contributed by atoms with Gasteiger partial charge in [0, 0.05) is 12.6 Å². The van der Waals surface area contributed by atoms with Gasteiger partial charge in [-0.3, -0.25) is 4.90 Å². The lowest BCUT2D eigenvalue weighted by Gasteiger charge is -2.31. The van der Waals surface area contributed by atoms with Crippen molar-refractivity contribution in [2.45, 2.75) is 45.1 Å². The Bertz CT molecular complexity index is 197. The van der Waals surface area contributed by atoms with Gasteiger partial charge in [0.05, 0.1) is 0 Å². The highest BCUT2D eigenvalue weighted by Crippen LogP contribution is 2.36. The van der Waals surface area contributed by atoms with Crippen molar-refractivity contribution < 1.29 is 0 Å². The molecule has 0 aromatic carbocycles. The molecule has 1 saturated heterocycles. The third-order valence-electron chi connectivity index (χ3n) is 3.60. The number of likely N-dealkylation sites (tertiary alicyclic amines) is 1. The summed E-state index contributed by atoms with van der Waals surface area (Å²) in [4.78, 5) is 2.66. The van der Waals surface area contributed by atoms with Crippen molar-refractivity contribution in [2.75, 3.05) is 13.1 Å². The van der Waals surface area contributed by atoms with Gasteiger partial charge in [0.25, 0.3) is 0 Å². The van der Waals surface area contributed by atoms with E-state index in [4.69, 9.17) is 0 Å². The smallest absolute Gasteiger partial charge is 0.0190 e. The predicted octanol–water partition coefficient (Wildman–Crippen LogP) is 2.83. The van der Waals surface area contributed by atoms with Crippen molar-refractivity contribution >= 4 is 0 Å². The van der Waals surface area contributed by atoms with Crippen molar-refractivity contribution in [3.8, 4) is 0 Å². The number of hydrogen-bond acceptors (Lipinski definition) is 1. The first-order valence-electron chi connectivity index (χ1n) is 5.66. The van der Waals surface area contributed by atoms with Gasteiger partial charge in [0.2, 0.25) is 0 Å². The molecule has 1 nitrogen and oxygen atoms in total. The molecule has 0 unspecified atom stereocenters. The van der Waals surface area contributed by atoms with Crippen LogP contribution in [-0.2, 0) is 0 Å². The van der Waals surface area contributed by atoms with Crippen LogP contribution >= 0.6 is 0 Å². The van der Waals surface area contributed by atoms with Gasteiger partial charge in [-0.05, 0) is 38.6 Å². The average molecular weight is 179 g/mol. The first-order chi connectivity index (χ1) is 6.27. The third kappa shape index (κ3) is 1.96. The second-order valence-corrected chi connectivity index (χ2v) is 4.83. The van der Waals surface area contributed by atoms with E-state index in [0.717, 1.165) is 18.5 Å². The number of rotatable bonds is 2. The zero-order valence-corrected chi connectivity index (χ0v) is 8.76. The molecular formula is C12H21N. The van der Waals surface area contributed by atoms with Crippen molar-refractivity contribution in [2.24, 2.45) is 5.92 Å². The van der Waals surface area contributed by atoms with Crippen LogP contribution in [0.1, 0.15) is 39.0 Å². The lowest BCUT2D eigenvalue weighted by atomic mass is 9.85. The molecule has 2 fully saturated rings. The fraction of sp³-hybridized carbons (Fsp3) is 0.833. The molecule has 1 saturated carbocycles. The highest BCUT2D eigenvalue weighted by molar-refractivity contribution is 4.98. The third-order valence-corrected chi connectivity index (χ3v) is 3.60. The van der Waals surface area contributed by atoms with E-state index in [1.165, 1.54) is 44.2 Å². The summed E-state index contributed by atoms with van der Waals surface area (Å²) in [5.74, 6) is 1.02. The summed E-state index contributed by atoms with van der Waals surface area (Å²) in [5, 5.41) is 0. The largest absolute Gasteiger partial charge is 0.296 e. The Morgan fingerprint density at radius 2 is 2.08 bits per heavy atom. The van der Waals surface area contributed by atoms with Crippen molar-refractivity contribution in [1.29, 1.82) is 0 Å². The molecule has 2 rings (SSSR count). The van der Waals surface area contributed by atoms with Crippen LogP contribution in [-0.4, -0.2) is 24.0 Å². The SMILES string of the molecule is C=C(C)CN1CC[C@H]2CCCC[C@H]21. The summed E-state index contributed by atoms with van der Waals surface area (Å²) in [5.41, 5.74) is 1.33. The van der Waals surface area contributed by atoms with Gasteiger partial charge in [-0.1, -0.05) is 25.0 Å². The second kappa shape index (κ2) is 3.83. The summed E-state index contributed by atoms with van der Waals surface area (Å²) in [6, 6.07) is 0.908. The van der Waals surface area contributed by atoms with Crippen LogP contribution in [0.3, 0.4) is 0 Å². The van der Waals surface area contributed by atoms with Gasteiger partial charge in [-0.25, -0.2) is 0 Å². The predicted molar refractivity (Wildman–Crippen MR) is 56.8 cm³/mol. The molecule has 0 aromatic rings. The van der Waals surface area contributed by atoms with Crippen LogP contribution in [0, 0.1) is 5.92 Å². The first-order valence-corrected chi connectivity index (χ1v) is 5.66. The van der Waals surface area contributed by atoms with E-state index in [0.29, 0.717) is 0 Å². The Labute approximate surface area is 81.8 Å². The fourth-order valence-electron chi connectivity index (χ4n) is 3.05. The van der Waals surface area contributed by atoms with E-state index in [1.54, 1.807) is 0 Å². The average Bonchev–Trinajstić information content (AvgIpc) is 2.48. The summed E-state index contributed by atoms with van der Waals surface area (Å²) in [7, 11) is 0. The summed E-state index contributed by atoms with van der Waals surface area (Å²) in [6.45, 7) is 8.63. The van der Waals surface area contributed by atoms with Gasteiger partial charge in [0.1, 0.15) is 0 Å². The lowest BCUT2D eigenvalue weighted by Crippen LogP contribution is -2.35. The van der Waals surface area contributed by atoms with Crippen LogP contribution < -0.4 is 0 Å². The Balaban J connectivity index is 1.94. The van der Waals surface area contributed by atoms with Crippen LogP contribution in [0.2, 0.25) is 0 Å². The van der Waals surface area contributed by atoms with E-state index in [9.17, 15) is 0 Å². The maximum Gasteiger partial charge on any atom is 0.0190 e. The highest BCUT2D eigenvalue weighted by atomic mass is 15.2. The van der Waals surface area contributed by atoms with Gasteiger partial charge in [0.15, 0.2) is 0 Å². The number of fused-ring (bicyclic) bond motifs is 1. The zero-order chi connectivity index (χ0) is 9.26. The minimum Gasteiger partial charge on any atom is -0.296 e. The Morgan fingerprint density at radius 1 is 1.31 bits per heavy atom. The molecule has 0 N–H and O–H groups in total. The molecule has 1 heterocycles. The maximum atomic E-state index is 4.01. The molecule has 74 valence electrons. The van der Waals surface area contributed by atoms with E-state index in [1.807, 2.05) is 0 Å². The molecule has 0 radical (unpaired) electrons. The Kier molecular flexibility index (Phi) is 2.73. The topological polar surface area (TPSA) is 3.24 Å². The summed E-state index contributed by atoms with van der Waals surface area (Å²) < 4.78 is 0. The Hall–Kier alpha value is -0.300. The molecular weight excluding hydrogens is 158 g/mol. The fourth-order valence-corrected chi connectivity index (χ4v) is 3.05. The lowest BCUT2D eigenvalue weighted by molar-refractivity contribution is 0.195. The van der Waals surface area contributed by atoms with Crippen molar-refractivity contribution in [1.82, 2.24) is 4.90 Å². The van der Waals surface area contributed by atoms with E-state index >= 15 is 0 Å². The molecule has 0 amide bonds.